The second-order valence-corrected chi connectivity index (χ2v) is 6.07. The Bertz CT molecular complexity index is 467. The van der Waals surface area contributed by atoms with Crippen LogP contribution in [0.25, 0.3) is 0 Å². The molecule has 0 aliphatic carbocycles. The van der Waals surface area contributed by atoms with Gasteiger partial charge in [-0.2, -0.15) is 0 Å². The Morgan fingerprint density at radius 3 is 2.94 bits per heavy atom. The number of piperidine rings is 1. The molecule has 1 fully saturated rings. The van der Waals surface area contributed by atoms with Gasteiger partial charge in [0, 0.05) is 24.9 Å². The van der Waals surface area contributed by atoms with E-state index < -0.39 is 9.84 Å². The Hall–Kier alpha value is -1.01. The van der Waals surface area contributed by atoms with Gasteiger partial charge in [0.25, 0.3) is 0 Å². The molecule has 2 heterocycles. The van der Waals surface area contributed by atoms with E-state index in [0.717, 1.165) is 25.9 Å². The van der Waals surface area contributed by atoms with Crippen LogP contribution in [0.5, 0.6) is 0 Å². The number of nitrogens with zero attached hydrogens (tertiary/aromatic N) is 2. The molecule has 0 radical (unpaired) electrons. The third kappa shape index (κ3) is 2.38. The average molecular weight is 241 g/mol. The van der Waals surface area contributed by atoms with Crippen LogP contribution in [0.3, 0.4) is 0 Å². The first-order valence-corrected chi connectivity index (χ1v) is 7.19. The molecule has 88 valence electrons. The van der Waals surface area contributed by atoms with Gasteiger partial charge in [-0.1, -0.05) is 0 Å². The molecule has 0 spiro atoms. The molecule has 1 saturated heterocycles. The molecule has 0 bridgehead atoms. The largest absolute Gasteiger partial charge is 0.316 e. The average Bonchev–Trinajstić information content (AvgIpc) is 2.29. The highest BCUT2D eigenvalue weighted by Gasteiger charge is 2.23. The maximum atomic E-state index is 11.6. The van der Waals surface area contributed by atoms with Gasteiger partial charge in [-0.15, -0.1) is 0 Å². The van der Waals surface area contributed by atoms with Crippen molar-refractivity contribution in [2.75, 3.05) is 19.3 Å². The minimum atomic E-state index is -3.24. The molecule has 5 nitrogen and oxygen atoms in total. The van der Waals surface area contributed by atoms with Crippen molar-refractivity contribution in [2.24, 2.45) is 0 Å². The van der Waals surface area contributed by atoms with Gasteiger partial charge in [0.2, 0.25) is 0 Å². The zero-order valence-corrected chi connectivity index (χ0v) is 10.00. The van der Waals surface area contributed by atoms with Crippen LogP contribution in [0.1, 0.15) is 24.5 Å². The van der Waals surface area contributed by atoms with Crippen molar-refractivity contribution in [1.29, 1.82) is 0 Å². The highest BCUT2D eigenvalue weighted by molar-refractivity contribution is 7.90. The molecule has 2 rings (SSSR count). The van der Waals surface area contributed by atoms with Crippen molar-refractivity contribution < 1.29 is 8.42 Å². The van der Waals surface area contributed by atoms with Crippen LogP contribution < -0.4 is 5.32 Å². The van der Waals surface area contributed by atoms with E-state index in [9.17, 15) is 8.42 Å². The van der Waals surface area contributed by atoms with E-state index in [1.165, 1.54) is 18.8 Å². The third-order valence-electron chi connectivity index (χ3n) is 2.79. The first-order valence-electron chi connectivity index (χ1n) is 5.29. The molecule has 1 aliphatic rings. The summed E-state index contributed by atoms with van der Waals surface area (Å²) in [6.45, 7) is 1.79. The topological polar surface area (TPSA) is 72.0 Å². The van der Waals surface area contributed by atoms with E-state index >= 15 is 0 Å². The molecule has 1 aromatic heterocycles. The summed E-state index contributed by atoms with van der Waals surface area (Å²) in [5, 5.41) is 3.26. The molecule has 1 unspecified atom stereocenters. The molecule has 1 aliphatic heterocycles. The van der Waals surface area contributed by atoms with Gasteiger partial charge in [0.15, 0.2) is 9.84 Å². The highest BCUT2D eigenvalue weighted by atomic mass is 32.2. The van der Waals surface area contributed by atoms with E-state index in [-0.39, 0.29) is 10.8 Å². The first-order chi connectivity index (χ1) is 7.59. The monoisotopic (exact) mass is 241 g/mol. The maximum absolute atomic E-state index is 11.6. The summed E-state index contributed by atoms with van der Waals surface area (Å²) in [6, 6.07) is 0. The molecular weight excluding hydrogens is 226 g/mol. The fourth-order valence-electron chi connectivity index (χ4n) is 2.00. The summed E-state index contributed by atoms with van der Waals surface area (Å²) in [5.74, 6) is 0.182. The Kier molecular flexibility index (Phi) is 3.20. The van der Waals surface area contributed by atoms with Crippen molar-refractivity contribution in [3.8, 4) is 0 Å². The van der Waals surface area contributed by atoms with Gasteiger partial charge >= 0.3 is 0 Å². The van der Waals surface area contributed by atoms with Gasteiger partial charge in [0.05, 0.1) is 5.69 Å². The summed E-state index contributed by atoms with van der Waals surface area (Å²) in [4.78, 5) is 8.20. The van der Waals surface area contributed by atoms with Crippen molar-refractivity contribution in [2.45, 2.75) is 23.7 Å². The van der Waals surface area contributed by atoms with E-state index in [1.54, 1.807) is 0 Å². The lowest BCUT2D eigenvalue weighted by Gasteiger charge is -2.23. The minimum Gasteiger partial charge on any atom is -0.316 e. The summed E-state index contributed by atoms with van der Waals surface area (Å²) < 4.78 is 23.2. The van der Waals surface area contributed by atoms with Crippen LogP contribution in [-0.2, 0) is 9.84 Å². The van der Waals surface area contributed by atoms with E-state index in [1.807, 2.05) is 0 Å². The SMILES string of the molecule is CS(=O)(=O)c1cncnc1C1CCCNC1. The Balaban J connectivity index is 2.40. The molecule has 16 heavy (non-hydrogen) atoms. The Morgan fingerprint density at radius 1 is 1.50 bits per heavy atom. The lowest BCUT2D eigenvalue weighted by Crippen LogP contribution is -2.29. The van der Waals surface area contributed by atoms with Crippen LogP contribution in [0.4, 0.5) is 0 Å². The van der Waals surface area contributed by atoms with Crippen LogP contribution in [0.2, 0.25) is 0 Å². The third-order valence-corrected chi connectivity index (χ3v) is 3.90. The second-order valence-electron chi connectivity index (χ2n) is 4.09. The fraction of sp³-hybridized carbons (Fsp3) is 0.600. The molecule has 6 heteroatoms. The van der Waals surface area contributed by atoms with E-state index in [0.29, 0.717) is 5.69 Å². The molecule has 0 saturated carbocycles. The number of aromatic nitrogens is 2. The minimum absolute atomic E-state index is 0.182. The highest BCUT2D eigenvalue weighted by Crippen LogP contribution is 2.26. The molecule has 0 aromatic carbocycles. The quantitative estimate of drug-likeness (QED) is 0.808. The summed E-state index contributed by atoms with van der Waals surface area (Å²) in [6.07, 6.45) is 6.04. The van der Waals surface area contributed by atoms with E-state index in [4.69, 9.17) is 0 Å². The van der Waals surface area contributed by atoms with Gasteiger partial charge in [-0.25, -0.2) is 18.4 Å². The number of sulfone groups is 1. The zero-order chi connectivity index (χ0) is 11.6. The van der Waals surface area contributed by atoms with E-state index in [2.05, 4.69) is 15.3 Å². The molecule has 1 aromatic rings. The fourth-order valence-corrected chi connectivity index (χ4v) is 2.86. The smallest absolute Gasteiger partial charge is 0.178 e. The normalized spacial score (nSPS) is 21.9. The maximum Gasteiger partial charge on any atom is 0.178 e. The molecule has 1 N–H and O–H groups in total. The summed E-state index contributed by atoms with van der Waals surface area (Å²) >= 11 is 0. The lowest BCUT2D eigenvalue weighted by molar-refractivity contribution is 0.448. The molecular formula is C10H15N3O2S. The lowest BCUT2D eigenvalue weighted by atomic mass is 9.96. The predicted octanol–water partition coefficient (Wildman–Crippen LogP) is 0.347. The standard InChI is InChI=1S/C10H15N3O2S/c1-16(14,15)9-6-12-7-13-10(9)8-3-2-4-11-5-8/h6-8,11H,2-5H2,1H3. The number of hydrogen-bond acceptors (Lipinski definition) is 5. The predicted molar refractivity (Wildman–Crippen MR) is 60.0 cm³/mol. The van der Waals surface area contributed by atoms with Crippen molar-refractivity contribution in [3.05, 3.63) is 18.2 Å². The first kappa shape index (κ1) is 11.5. The summed E-state index contributed by atoms with van der Waals surface area (Å²) in [7, 11) is -3.24. The van der Waals surface area contributed by atoms with Gasteiger partial charge < -0.3 is 5.32 Å². The number of hydrogen-bond donors (Lipinski definition) is 1. The number of rotatable bonds is 2. The zero-order valence-electron chi connectivity index (χ0n) is 9.18. The second kappa shape index (κ2) is 4.47. The van der Waals surface area contributed by atoms with Crippen molar-refractivity contribution in [1.82, 2.24) is 15.3 Å². The Labute approximate surface area is 95.2 Å². The number of nitrogens with one attached hydrogen (secondary N) is 1. The van der Waals surface area contributed by atoms with Crippen LogP contribution in [0, 0.1) is 0 Å². The van der Waals surface area contributed by atoms with Crippen molar-refractivity contribution in [3.63, 3.8) is 0 Å². The van der Waals surface area contributed by atoms with Crippen LogP contribution in [-0.4, -0.2) is 37.7 Å². The van der Waals surface area contributed by atoms with Crippen LogP contribution >= 0.6 is 0 Å². The van der Waals surface area contributed by atoms with Crippen LogP contribution in [0.15, 0.2) is 17.4 Å². The van der Waals surface area contributed by atoms with Gasteiger partial charge in [0.1, 0.15) is 11.2 Å². The Morgan fingerprint density at radius 2 is 2.31 bits per heavy atom. The molecule has 0 amide bonds. The summed E-state index contributed by atoms with van der Waals surface area (Å²) in [5.41, 5.74) is 0.657. The molecule has 1 atom stereocenters. The van der Waals surface area contributed by atoms with Gasteiger partial charge in [-0.05, 0) is 19.4 Å². The van der Waals surface area contributed by atoms with Crippen molar-refractivity contribution >= 4 is 9.84 Å². The van der Waals surface area contributed by atoms with Gasteiger partial charge in [-0.3, -0.25) is 0 Å².